The van der Waals surface area contributed by atoms with Gasteiger partial charge in [-0.15, -0.1) is 0 Å². The molecule has 0 fully saturated rings. The highest BCUT2D eigenvalue weighted by Gasteiger charge is 2.00. The number of unbranched alkanes of at least 4 members (excludes halogenated alkanes) is 1. The van der Waals surface area contributed by atoms with Crippen LogP contribution in [0.5, 0.6) is 0 Å². The second-order valence-electron chi connectivity index (χ2n) is 4.11. The van der Waals surface area contributed by atoms with Crippen LogP contribution in [0.15, 0.2) is 4.99 Å². The molecule has 3 nitrogen and oxygen atoms in total. The monoisotopic (exact) mass is 199 g/mol. The van der Waals surface area contributed by atoms with Crippen molar-refractivity contribution in [3.8, 4) is 0 Å². The fourth-order valence-electron chi connectivity index (χ4n) is 1.39. The quantitative estimate of drug-likeness (QED) is 0.401. The van der Waals surface area contributed by atoms with Crippen molar-refractivity contribution in [1.29, 1.82) is 0 Å². The first-order chi connectivity index (χ1) is 6.56. The molecule has 0 saturated heterocycles. The molecule has 1 atom stereocenters. The van der Waals surface area contributed by atoms with E-state index in [2.05, 4.69) is 43.2 Å². The lowest BCUT2D eigenvalue weighted by Crippen LogP contribution is -2.27. The van der Waals surface area contributed by atoms with Gasteiger partial charge in [0, 0.05) is 13.1 Å². The average molecular weight is 199 g/mol. The Labute approximate surface area is 88.6 Å². The fourth-order valence-corrected chi connectivity index (χ4v) is 1.39. The van der Waals surface area contributed by atoms with E-state index < -0.39 is 0 Å². The zero-order chi connectivity index (χ0) is 11.0. The van der Waals surface area contributed by atoms with Crippen molar-refractivity contribution in [3.63, 3.8) is 0 Å². The van der Waals surface area contributed by atoms with E-state index in [-0.39, 0.29) is 0 Å². The Balaban J connectivity index is 3.72. The molecule has 0 radical (unpaired) electrons. The summed E-state index contributed by atoms with van der Waals surface area (Å²) in [5.41, 5.74) is 0. The van der Waals surface area contributed by atoms with Crippen LogP contribution in [-0.4, -0.2) is 44.0 Å². The zero-order valence-corrected chi connectivity index (χ0v) is 10.3. The lowest BCUT2D eigenvalue weighted by molar-refractivity contribution is 0.383. The third-order valence-corrected chi connectivity index (χ3v) is 1.95. The van der Waals surface area contributed by atoms with Crippen LogP contribution in [0.1, 0.15) is 33.6 Å². The van der Waals surface area contributed by atoms with Gasteiger partial charge >= 0.3 is 0 Å². The molecule has 0 aliphatic carbocycles. The molecule has 0 amide bonds. The lowest BCUT2D eigenvalue weighted by Gasteiger charge is -2.14. The van der Waals surface area contributed by atoms with Gasteiger partial charge in [0.2, 0.25) is 0 Å². The first-order valence-corrected chi connectivity index (χ1v) is 5.49. The number of nitrogens with zero attached hydrogens (tertiary/aromatic N) is 2. The van der Waals surface area contributed by atoms with Crippen molar-refractivity contribution in [2.24, 2.45) is 4.99 Å². The van der Waals surface area contributed by atoms with Gasteiger partial charge in [0.1, 0.15) is 0 Å². The minimum absolute atomic E-state index is 0.374. The molecule has 0 aliphatic rings. The number of likely N-dealkylation sites (N-methyl/N-ethyl adjacent to an activating group) is 1. The van der Waals surface area contributed by atoms with Crippen LogP contribution in [0.4, 0.5) is 0 Å². The van der Waals surface area contributed by atoms with Crippen molar-refractivity contribution < 1.29 is 0 Å². The van der Waals surface area contributed by atoms with Gasteiger partial charge in [-0.05, 0) is 34.4 Å². The van der Waals surface area contributed by atoms with Gasteiger partial charge in [0.25, 0.3) is 0 Å². The standard InChI is InChI=1S/C11H25N3/c1-6-7-8-12-11(3)13-10(2)9-14(4)5/h10H,6-9H2,1-5H3,(H,12,13). The van der Waals surface area contributed by atoms with E-state index in [1.165, 1.54) is 12.8 Å². The van der Waals surface area contributed by atoms with Crippen LogP contribution in [-0.2, 0) is 0 Å². The third kappa shape index (κ3) is 8.05. The summed E-state index contributed by atoms with van der Waals surface area (Å²) in [6, 6.07) is 0.374. The molecular weight excluding hydrogens is 174 g/mol. The van der Waals surface area contributed by atoms with Crippen LogP contribution in [0.25, 0.3) is 0 Å². The summed E-state index contributed by atoms with van der Waals surface area (Å²) >= 11 is 0. The smallest absolute Gasteiger partial charge is 0.0935 e. The van der Waals surface area contributed by atoms with Crippen molar-refractivity contribution in [3.05, 3.63) is 0 Å². The molecule has 0 aromatic heterocycles. The predicted molar refractivity (Wildman–Crippen MR) is 64.0 cm³/mol. The fraction of sp³-hybridized carbons (Fsp3) is 0.909. The largest absolute Gasteiger partial charge is 0.374 e. The summed E-state index contributed by atoms with van der Waals surface area (Å²) in [6.45, 7) is 8.43. The van der Waals surface area contributed by atoms with Gasteiger partial charge in [-0.25, -0.2) is 0 Å². The first-order valence-electron chi connectivity index (χ1n) is 5.49. The van der Waals surface area contributed by atoms with Gasteiger partial charge in [-0.1, -0.05) is 13.3 Å². The van der Waals surface area contributed by atoms with Gasteiger partial charge in [-0.3, -0.25) is 4.99 Å². The number of hydrogen-bond donors (Lipinski definition) is 1. The SMILES string of the molecule is CCCCN/C(C)=N/C(C)CN(C)C. The Kier molecular flexibility index (Phi) is 7.48. The normalized spacial score (nSPS) is 14.6. The van der Waals surface area contributed by atoms with E-state index in [0.29, 0.717) is 6.04 Å². The Bertz CT molecular complexity index is 164. The van der Waals surface area contributed by atoms with Crippen LogP contribution < -0.4 is 5.32 Å². The minimum atomic E-state index is 0.374. The average Bonchev–Trinajstić information content (AvgIpc) is 2.02. The summed E-state index contributed by atoms with van der Waals surface area (Å²) in [4.78, 5) is 6.71. The van der Waals surface area contributed by atoms with Gasteiger partial charge in [0.15, 0.2) is 0 Å². The summed E-state index contributed by atoms with van der Waals surface area (Å²) < 4.78 is 0. The molecule has 0 spiro atoms. The van der Waals surface area contributed by atoms with Gasteiger partial charge < -0.3 is 10.2 Å². The molecule has 0 rings (SSSR count). The van der Waals surface area contributed by atoms with Crippen molar-refractivity contribution in [2.45, 2.75) is 39.7 Å². The second-order valence-corrected chi connectivity index (χ2v) is 4.11. The second kappa shape index (κ2) is 7.80. The topological polar surface area (TPSA) is 27.6 Å². The number of amidine groups is 1. The van der Waals surface area contributed by atoms with E-state index in [4.69, 9.17) is 0 Å². The molecule has 0 aromatic rings. The number of nitrogens with one attached hydrogen (secondary N) is 1. The minimum Gasteiger partial charge on any atom is -0.374 e. The highest BCUT2D eigenvalue weighted by atomic mass is 15.1. The van der Waals surface area contributed by atoms with Gasteiger partial charge in [0.05, 0.1) is 11.9 Å². The maximum atomic E-state index is 4.55. The van der Waals surface area contributed by atoms with Crippen molar-refractivity contribution in [2.75, 3.05) is 27.2 Å². The molecule has 0 aromatic carbocycles. The lowest BCUT2D eigenvalue weighted by atomic mass is 10.3. The summed E-state index contributed by atoms with van der Waals surface area (Å²) in [6.07, 6.45) is 2.45. The highest BCUT2D eigenvalue weighted by molar-refractivity contribution is 5.79. The molecule has 1 unspecified atom stereocenters. The molecule has 14 heavy (non-hydrogen) atoms. The summed E-state index contributed by atoms with van der Waals surface area (Å²) in [7, 11) is 4.15. The van der Waals surface area contributed by atoms with Crippen LogP contribution in [0, 0.1) is 0 Å². The molecule has 0 bridgehead atoms. The molecule has 84 valence electrons. The van der Waals surface area contributed by atoms with E-state index in [1.54, 1.807) is 0 Å². The van der Waals surface area contributed by atoms with Crippen molar-refractivity contribution >= 4 is 5.84 Å². The molecule has 0 heterocycles. The number of hydrogen-bond acceptors (Lipinski definition) is 2. The molecule has 1 N–H and O–H groups in total. The maximum absolute atomic E-state index is 4.55. The molecule has 3 heteroatoms. The van der Waals surface area contributed by atoms with Crippen LogP contribution >= 0.6 is 0 Å². The highest BCUT2D eigenvalue weighted by Crippen LogP contribution is 1.92. The summed E-state index contributed by atoms with van der Waals surface area (Å²) in [5, 5.41) is 3.32. The summed E-state index contributed by atoms with van der Waals surface area (Å²) in [5.74, 6) is 1.06. The van der Waals surface area contributed by atoms with Crippen LogP contribution in [0.3, 0.4) is 0 Å². The molecule has 0 saturated carbocycles. The molecule has 0 aliphatic heterocycles. The predicted octanol–water partition coefficient (Wildman–Crippen LogP) is 1.74. The Hall–Kier alpha value is -0.570. The van der Waals surface area contributed by atoms with E-state index in [1.807, 2.05) is 6.92 Å². The van der Waals surface area contributed by atoms with Crippen molar-refractivity contribution in [1.82, 2.24) is 10.2 Å². The number of aliphatic imine (C=N–C) groups is 1. The van der Waals surface area contributed by atoms with E-state index >= 15 is 0 Å². The van der Waals surface area contributed by atoms with Gasteiger partial charge in [-0.2, -0.15) is 0 Å². The van der Waals surface area contributed by atoms with E-state index in [0.717, 1.165) is 18.9 Å². The number of rotatable bonds is 6. The van der Waals surface area contributed by atoms with Crippen LogP contribution in [0.2, 0.25) is 0 Å². The molecular formula is C11H25N3. The maximum Gasteiger partial charge on any atom is 0.0935 e. The first kappa shape index (κ1) is 13.4. The Morgan fingerprint density at radius 1 is 1.43 bits per heavy atom. The zero-order valence-electron chi connectivity index (χ0n) is 10.3. The Morgan fingerprint density at radius 2 is 2.07 bits per heavy atom. The third-order valence-electron chi connectivity index (χ3n) is 1.95. The van der Waals surface area contributed by atoms with E-state index in [9.17, 15) is 0 Å². The Morgan fingerprint density at radius 3 is 2.57 bits per heavy atom.